The Balaban J connectivity index is 2.82. The first-order valence-electron chi connectivity index (χ1n) is 4.87. The highest BCUT2D eigenvalue weighted by Gasteiger charge is 2.17. The minimum atomic E-state index is -1.06. The number of benzene rings is 1. The minimum absolute atomic E-state index is 0.0569. The molecule has 1 rings (SSSR count). The molecule has 6 heteroatoms. The molecule has 0 aliphatic rings. The van der Waals surface area contributed by atoms with Crippen LogP contribution in [0.3, 0.4) is 0 Å². The minimum Gasteiger partial charge on any atom is -0.444 e. The maximum Gasteiger partial charge on any atom is 0.412 e. The smallest absolute Gasteiger partial charge is 0.412 e. The number of halogens is 2. The number of anilines is 1. The number of hydrogen-bond acceptors (Lipinski definition) is 3. The quantitative estimate of drug-likeness (QED) is 0.758. The molecule has 0 bridgehead atoms. The van der Waals surface area contributed by atoms with E-state index in [4.69, 9.17) is 4.74 Å². The predicted octanol–water partition coefficient (Wildman–Crippen LogP) is 3.60. The third-order valence-corrected chi connectivity index (χ3v) is 2.04. The first kappa shape index (κ1) is 13.8. The molecule has 1 aromatic rings. The van der Waals surface area contributed by atoms with Crippen molar-refractivity contribution in [1.82, 2.24) is 0 Å². The third-order valence-electron chi connectivity index (χ3n) is 1.67. The van der Waals surface area contributed by atoms with Crippen LogP contribution in [0.15, 0.2) is 17.0 Å². The number of nitrogens with one attached hydrogen (secondary N) is 1. The van der Waals surface area contributed by atoms with Crippen LogP contribution in [-0.4, -0.2) is 11.7 Å². The van der Waals surface area contributed by atoms with Gasteiger partial charge >= 0.3 is 6.09 Å². The molecule has 1 amide bonds. The highest BCUT2D eigenvalue weighted by molar-refractivity contribution is 7.80. The van der Waals surface area contributed by atoms with Crippen molar-refractivity contribution < 1.29 is 18.3 Å². The van der Waals surface area contributed by atoms with Gasteiger partial charge in [0.1, 0.15) is 5.60 Å². The second-order valence-corrected chi connectivity index (χ2v) is 4.89. The summed E-state index contributed by atoms with van der Waals surface area (Å²) < 4.78 is 30.7. The van der Waals surface area contributed by atoms with Gasteiger partial charge in [0, 0.05) is 11.0 Å². The summed E-state index contributed by atoms with van der Waals surface area (Å²) in [7, 11) is 0. The van der Waals surface area contributed by atoms with Crippen molar-refractivity contribution in [3.63, 3.8) is 0 Å². The number of amides is 1. The average Bonchev–Trinajstić information content (AvgIpc) is 2.11. The summed E-state index contributed by atoms with van der Waals surface area (Å²) in [5.41, 5.74) is -0.610. The summed E-state index contributed by atoms with van der Waals surface area (Å²) in [5, 5.41) is 2.29. The predicted molar refractivity (Wildman–Crippen MR) is 63.5 cm³/mol. The van der Waals surface area contributed by atoms with Crippen LogP contribution in [0, 0.1) is 11.6 Å². The van der Waals surface area contributed by atoms with Crippen LogP contribution in [-0.2, 0) is 4.74 Å². The largest absolute Gasteiger partial charge is 0.444 e. The van der Waals surface area contributed by atoms with Crippen LogP contribution in [0.5, 0.6) is 0 Å². The van der Waals surface area contributed by atoms with Crippen molar-refractivity contribution in [3.8, 4) is 0 Å². The van der Waals surface area contributed by atoms with E-state index in [-0.39, 0.29) is 10.6 Å². The van der Waals surface area contributed by atoms with Crippen LogP contribution in [0.1, 0.15) is 20.8 Å². The van der Waals surface area contributed by atoms with E-state index in [9.17, 15) is 13.6 Å². The molecule has 1 aromatic carbocycles. The van der Waals surface area contributed by atoms with Gasteiger partial charge in [-0.15, -0.1) is 12.6 Å². The van der Waals surface area contributed by atoms with E-state index in [1.165, 1.54) is 0 Å². The zero-order valence-corrected chi connectivity index (χ0v) is 10.6. The van der Waals surface area contributed by atoms with E-state index < -0.39 is 23.3 Å². The molecule has 0 saturated heterocycles. The van der Waals surface area contributed by atoms with Crippen LogP contribution < -0.4 is 5.32 Å². The molecule has 0 radical (unpaired) electrons. The Bertz CT molecular complexity index is 444. The molecule has 0 aromatic heterocycles. The lowest BCUT2D eigenvalue weighted by molar-refractivity contribution is 0.0635. The van der Waals surface area contributed by atoms with Crippen LogP contribution >= 0.6 is 12.6 Å². The van der Waals surface area contributed by atoms with Gasteiger partial charge < -0.3 is 4.74 Å². The molecule has 0 atom stereocenters. The van der Waals surface area contributed by atoms with Gasteiger partial charge in [0.25, 0.3) is 0 Å². The molecule has 0 aliphatic carbocycles. The summed E-state index contributed by atoms with van der Waals surface area (Å²) in [4.78, 5) is 11.5. The zero-order valence-electron chi connectivity index (χ0n) is 9.67. The fourth-order valence-corrected chi connectivity index (χ4v) is 1.28. The second-order valence-electron chi connectivity index (χ2n) is 4.41. The van der Waals surface area contributed by atoms with Crippen LogP contribution in [0.25, 0.3) is 0 Å². The van der Waals surface area contributed by atoms with Crippen molar-refractivity contribution in [2.45, 2.75) is 31.3 Å². The van der Waals surface area contributed by atoms with Gasteiger partial charge in [-0.1, -0.05) is 0 Å². The van der Waals surface area contributed by atoms with Crippen LogP contribution in [0.4, 0.5) is 19.3 Å². The van der Waals surface area contributed by atoms with Crippen molar-refractivity contribution in [1.29, 1.82) is 0 Å². The number of rotatable bonds is 1. The molecule has 0 heterocycles. The molecule has 0 aliphatic heterocycles. The van der Waals surface area contributed by atoms with Crippen LogP contribution in [0.2, 0.25) is 0 Å². The van der Waals surface area contributed by atoms with Gasteiger partial charge in [0.05, 0.1) is 5.69 Å². The number of thiol groups is 1. The molecule has 0 saturated carbocycles. The number of ether oxygens (including phenoxy) is 1. The van der Waals surface area contributed by atoms with E-state index in [0.29, 0.717) is 0 Å². The maximum absolute atomic E-state index is 12.9. The Morgan fingerprint density at radius 1 is 1.29 bits per heavy atom. The molecular weight excluding hydrogens is 248 g/mol. The fourth-order valence-electron chi connectivity index (χ4n) is 1.05. The second kappa shape index (κ2) is 4.91. The lowest BCUT2D eigenvalue weighted by atomic mass is 10.2. The van der Waals surface area contributed by atoms with E-state index in [1.807, 2.05) is 0 Å². The highest BCUT2D eigenvalue weighted by atomic mass is 32.1. The average molecular weight is 261 g/mol. The highest BCUT2D eigenvalue weighted by Crippen LogP contribution is 2.23. The van der Waals surface area contributed by atoms with Gasteiger partial charge in [-0.2, -0.15) is 0 Å². The molecular formula is C11H13F2NO2S. The standard InChI is InChI=1S/C11H13F2NO2S/c1-11(2,3)16-10(15)14-8-4-6(12)7(13)5-9(8)17/h4-5,17H,1-3H3,(H,14,15). The molecule has 94 valence electrons. The van der Waals surface area contributed by atoms with E-state index in [2.05, 4.69) is 17.9 Å². The first-order valence-corrected chi connectivity index (χ1v) is 5.32. The molecule has 0 unspecified atom stereocenters. The van der Waals surface area contributed by atoms with Crippen molar-refractivity contribution >= 4 is 24.4 Å². The maximum atomic E-state index is 12.9. The first-order chi connectivity index (χ1) is 7.69. The number of carbonyl (C=O) groups is 1. The Labute approximate surface area is 104 Å². The summed E-state index contributed by atoms with van der Waals surface area (Å²) in [6.45, 7) is 5.08. The van der Waals surface area contributed by atoms with Gasteiger partial charge in [-0.3, -0.25) is 5.32 Å². The summed E-state index contributed by atoms with van der Waals surface area (Å²) in [6, 6.07) is 1.73. The molecule has 3 nitrogen and oxygen atoms in total. The van der Waals surface area contributed by atoms with E-state index in [0.717, 1.165) is 12.1 Å². The lowest BCUT2D eigenvalue weighted by Gasteiger charge is -2.20. The summed E-state index contributed by atoms with van der Waals surface area (Å²) in [5.74, 6) is -2.08. The lowest BCUT2D eigenvalue weighted by Crippen LogP contribution is -2.27. The van der Waals surface area contributed by atoms with E-state index >= 15 is 0 Å². The van der Waals surface area contributed by atoms with Crippen molar-refractivity contribution in [2.75, 3.05) is 5.32 Å². The summed E-state index contributed by atoms with van der Waals surface area (Å²) in [6.07, 6.45) is -0.751. The third kappa shape index (κ3) is 4.22. The molecule has 17 heavy (non-hydrogen) atoms. The Kier molecular flexibility index (Phi) is 3.98. The summed E-state index contributed by atoms with van der Waals surface area (Å²) >= 11 is 3.92. The topological polar surface area (TPSA) is 38.3 Å². The monoisotopic (exact) mass is 261 g/mol. The zero-order chi connectivity index (χ0) is 13.2. The van der Waals surface area contributed by atoms with Crippen molar-refractivity contribution in [3.05, 3.63) is 23.8 Å². The van der Waals surface area contributed by atoms with Gasteiger partial charge in [-0.05, 0) is 26.8 Å². The van der Waals surface area contributed by atoms with Gasteiger partial charge in [0.15, 0.2) is 11.6 Å². The number of carbonyl (C=O) groups excluding carboxylic acids is 1. The SMILES string of the molecule is CC(C)(C)OC(=O)Nc1cc(F)c(F)cc1S. The fraction of sp³-hybridized carbons (Fsp3) is 0.364. The Morgan fingerprint density at radius 3 is 2.35 bits per heavy atom. The molecule has 1 N–H and O–H groups in total. The van der Waals surface area contributed by atoms with Gasteiger partial charge in [0.2, 0.25) is 0 Å². The van der Waals surface area contributed by atoms with Gasteiger partial charge in [-0.25, -0.2) is 13.6 Å². The van der Waals surface area contributed by atoms with E-state index in [1.54, 1.807) is 20.8 Å². The Morgan fingerprint density at radius 2 is 1.82 bits per heavy atom. The normalized spacial score (nSPS) is 11.2. The Hall–Kier alpha value is -1.30. The van der Waals surface area contributed by atoms with Crippen molar-refractivity contribution in [2.24, 2.45) is 0 Å². The molecule has 0 fully saturated rings. The number of hydrogen-bond donors (Lipinski definition) is 2. The molecule has 0 spiro atoms.